The number of nitrogens with zero attached hydrogens (tertiary/aromatic N) is 1. The summed E-state index contributed by atoms with van der Waals surface area (Å²) in [6, 6.07) is 4.30. The molecule has 1 unspecified atom stereocenters. The van der Waals surface area contributed by atoms with Gasteiger partial charge < -0.3 is 15.7 Å². The van der Waals surface area contributed by atoms with Crippen molar-refractivity contribution in [2.45, 2.75) is 33.1 Å². The van der Waals surface area contributed by atoms with Crippen molar-refractivity contribution < 1.29 is 5.11 Å². The van der Waals surface area contributed by atoms with E-state index in [9.17, 15) is 5.11 Å². The minimum absolute atomic E-state index is 0.0743. The lowest BCUT2D eigenvalue weighted by molar-refractivity contribution is 0.217. The van der Waals surface area contributed by atoms with Gasteiger partial charge in [-0.25, -0.2) is 0 Å². The molecule has 5 heteroatoms. The molecule has 1 atom stereocenters. The van der Waals surface area contributed by atoms with E-state index in [0.717, 1.165) is 44.9 Å². The average molecular weight is 309 g/mol. The first-order chi connectivity index (χ1) is 10.2. The summed E-state index contributed by atoms with van der Waals surface area (Å²) in [7, 11) is 0. The Morgan fingerprint density at radius 2 is 2.29 bits per heavy atom. The van der Waals surface area contributed by atoms with Gasteiger partial charge in [-0.2, -0.15) is 0 Å². The summed E-state index contributed by atoms with van der Waals surface area (Å²) in [4.78, 5) is 6.06. The van der Waals surface area contributed by atoms with Gasteiger partial charge in [-0.05, 0) is 43.6 Å². The molecule has 118 valence electrons. The van der Waals surface area contributed by atoms with Crippen molar-refractivity contribution in [3.05, 3.63) is 22.4 Å². The third kappa shape index (κ3) is 5.32. The molecule has 0 spiro atoms. The fraction of sp³-hybridized carbons (Fsp3) is 0.688. The van der Waals surface area contributed by atoms with Crippen molar-refractivity contribution in [3.63, 3.8) is 0 Å². The minimum atomic E-state index is 0.0743. The van der Waals surface area contributed by atoms with Crippen LogP contribution in [0.2, 0.25) is 0 Å². The molecule has 0 saturated heterocycles. The molecule has 0 aliphatic heterocycles. The predicted octanol–water partition coefficient (Wildman–Crippen LogP) is 2.25. The number of aliphatic imine (C=N–C) groups is 1. The van der Waals surface area contributed by atoms with Gasteiger partial charge in [-0.3, -0.25) is 4.99 Å². The smallest absolute Gasteiger partial charge is 0.191 e. The van der Waals surface area contributed by atoms with Crippen molar-refractivity contribution in [2.24, 2.45) is 16.3 Å². The van der Waals surface area contributed by atoms with E-state index in [1.807, 2.05) is 11.3 Å². The van der Waals surface area contributed by atoms with E-state index in [2.05, 4.69) is 47.0 Å². The van der Waals surface area contributed by atoms with Crippen molar-refractivity contribution >= 4 is 17.3 Å². The van der Waals surface area contributed by atoms with E-state index in [1.54, 1.807) is 0 Å². The summed E-state index contributed by atoms with van der Waals surface area (Å²) in [5.74, 6) is 1.44. The molecule has 1 aromatic rings. The molecule has 4 nitrogen and oxygen atoms in total. The van der Waals surface area contributed by atoms with E-state index in [4.69, 9.17) is 0 Å². The van der Waals surface area contributed by atoms with Crippen molar-refractivity contribution in [3.8, 4) is 0 Å². The van der Waals surface area contributed by atoms with Gasteiger partial charge in [-0.1, -0.05) is 13.0 Å². The number of nitrogens with one attached hydrogen (secondary N) is 2. The molecule has 0 bridgehead atoms. The molecular formula is C16H27N3OS. The van der Waals surface area contributed by atoms with Crippen LogP contribution >= 0.6 is 11.3 Å². The number of aliphatic hydroxyl groups excluding tert-OH is 1. The molecule has 0 amide bonds. The molecule has 1 aliphatic carbocycles. The fourth-order valence-corrected chi connectivity index (χ4v) is 3.12. The Kier molecular flexibility index (Phi) is 6.06. The number of aliphatic hydroxyl groups is 1. The van der Waals surface area contributed by atoms with Crippen LogP contribution in [-0.4, -0.2) is 37.3 Å². The van der Waals surface area contributed by atoms with E-state index in [-0.39, 0.29) is 12.0 Å². The van der Waals surface area contributed by atoms with E-state index >= 15 is 0 Å². The van der Waals surface area contributed by atoms with Crippen LogP contribution in [0.3, 0.4) is 0 Å². The maximum absolute atomic E-state index is 9.35. The lowest BCUT2D eigenvalue weighted by Gasteiger charge is -2.16. The zero-order valence-corrected chi connectivity index (χ0v) is 13.9. The van der Waals surface area contributed by atoms with Gasteiger partial charge in [0.05, 0.1) is 13.2 Å². The van der Waals surface area contributed by atoms with Crippen molar-refractivity contribution in [1.82, 2.24) is 10.6 Å². The summed E-state index contributed by atoms with van der Waals surface area (Å²) < 4.78 is 0. The maximum Gasteiger partial charge on any atom is 0.191 e. The second-order valence-corrected chi connectivity index (χ2v) is 7.16. The molecular weight excluding hydrogens is 282 g/mol. The van der Waals surface area contributed by atoms with Crippen LogP contribution < -0.4 is 10.6 Å². The number of thiophene rings is 1. The summed E-state index contributed by atoms with van der Waals surface area (Å²) in [6.07, 6.45) is 3.30. The lowest BCUT2D eigenvalue weighted by atomic mass is 10.1. The van der Waals surface area contributed by atoms with Gasteiger partial charge >= 0.3 is 0 Å². The third-order valence-corrected chi connectivity index (χ3v) is 4.86. The van der Waals surface area contributed by atoms with Gasteiger partial charge in [0.1, 0.15) is 0 Å². The minimum Gasteiger partial charge on any atom is -0.396 e. The Morgan fingerprint density at radius 1 is 1.48 bits per heavy atom. The van der Waals surface area contributed by atoms with Gasteiger partial charge in [-0.15, -0.1) is 11.3 Å². The maximum atomic E-state index is 9.35. The predicted molar refractivity (Wildman–Crippen MR) is 89.9 cm³/mol. The number of rotatable bonds is 8. The second kappa shape index (κ2) is 7.80. The van der Waals surface area contributed by atoms with Gasteiger partial charge in [0.15, 0.2) is 5.96 Å². The Labute approximate surface area is 131 Å². The Bertz CT molecular complexity index is 440. The average Bonchev–Trinajstić information content (AvgIpc) is 3.10. The molecule has 3 N–H and O–H groups in total. The molecule has 1 aromatic heterocycles. The SMILES string of the molecule is CCNC(=NCC1(CO)CC1)NCC(C)Cc1cccs1. The lowest BCUT2D eigenvalue weighted by Crippen LogP contribution is -2.40. The van der Waals surface area contributed by atoms with Crippen molar-refractivity contribution in [1.29, 1.82) is 0 Å². The van der Waals surface area contributed by atoms with E-state index in [1.165, 1.54) is 4.88 Å². The largest absolute Gasteiger partial charge is 0.396 e. The van der Waals surface area contributed by atoms with E-state index < -0.39 is 0 Å². The van der Waals surface area contributed by atoms with Crippen LogP contribution in [-0.2, 0) is 6.42 Å². The molecule has 21 heavy (non-hydrogen) atoms. The van der Waals surface area contributed by atoms with Gasteiger partial charge in [0, 0.05) is 23.4 Å². The highest BCUT2D eigenvalue weighted by atomic mass is 32.1. The van der Waals surface area contributed by atoms with Crippen molar-refractivity contribution in [2.75, 3.05) is 26.2 Å². The van der Waals surface area contributed by atoms with Crippen LogP contribution in [0.4, 0.5) is 0 Å². The third-order valence-electron chi connectivity index (χ3n) is 3.96. The van der Waals surface area contributed by atoms with Crippen LogP contribution in [0.15, 0.2) is 22.5 Å². The Morgan fingerprint density at radius 3 is 2.86 bits per heavy atom. The summed E-state index contributed by atoms with van der Waals surface area (Å²) in [5.41, 5.74) is 0.0743. The summed E-state index contributed by atoms with van der Waals surface area (Å²) >= 11 is 1.82. The summed E-state index contributed by atoms with van der Waals surface area (Å²) in [6.45, 7) is 7.08. The second-order valence-electron chi connectivity index (χ2n) is 6.12. The van der Waals surface area contributed by atoms with Crippen LogP contribution in [0.5, 0.6) is 0 Å². The summed E-state index contributed by atoms with van der Waals surface area (Å²) in [5, 5.41) is 18.2. The quantitative estimate of drug-likeness (QED) is 0.510. The first-order valence-corrected chi connectivity index (χ1v) is 8.71. The molecule has 0 radical (unpaired) electrons. The number of hydrogen-bond acceptors (Lipinski definition) is 3. The topological polar surface area (TPSA) is 56.7 Å². The van der Waals surface area contributed by atoms with Gasteiger partial charge in [0.25, 0.3) is 0 Å². The standard InChI is InChI=1S/C16H27N3OS/c1-3-17-15(19-11-16(12-20)6-7-16)18-10-13(2)9-14-5-4-8-21-14/h4-5,8,13,20H,3,6-7,9-12H2,1-2H3,(H2,17,18,19). The first kappa shape index (κ1) is 16.3. The van der Waals surface area contributed by atoms with Crippen LogP contribution in [0.25, 0.3) is 0 Å². The van der Waals surface area contributed by atoms with Crippen LogP contribution in [0.1, 0.15) is 31.6 Å². The molecule has 1 heterocycles. The number of hydrogen-bond donors (Lipinski definition) is 3. The van der Waals surface area contributed by atoms with E-state index in [0.29, 0.717) is 5.92 Å². The first-order valence-electron chi connectivity index (χ1n) is 7.83. The molecule has 1 fully saturated rings. The highest BCUT2D eigenvalue weighted by Gasteiger charge is 2.41. The molecule has 0 aromatic carbocycles. The normalized spacial score (nSPS) is 18.3. The zero-order chi connectivity index (χ0) is 15.1. The molecule has 2 rings (SSSR count). The monoisotopic (exact) mass is 309 g/mol. The highest BCUT2D eigenvalue weighted by Crippen LogP contribution is 2.45. The van der Waals surface area contributed by atoms with Gasteiger partial charge in [0.2, 0.25) is 0 Å². The fourth-order valence-electron chi connectivity index (χ4n) is 2.25. The Balaban J connectivity index is 1.77. The number of guanidine groups is 1. The highest BCUT2D eigenvalue weighted by molar-refractivity contribution is 7.09. The molecule has 1 saturated carbocycles. The molecule has 1 aliphatic rings. The Hall–Kier alpha value is -1.07. The van der Waals surface area contributed by atoms with Crippen LogP contribution in [0, 0.1) is 11.3 Å². The zero-order valence-electron chi connectivity index (χ0n) is 13.1.